The van der Waals surface area contributed by atoms with E-state index in [1.807, 2.05) is 11.1 Å². The second-order valence-electron chi connectivity index (χ2n) is 12.9. The van der Waals surface area contributed by atoms with E-state index in [1.165, 1.54) is 12.8 Å². The minimum Gasteiger partial charge on any atom is -0.0632 e. The van der Waals surface area contributed by atoms with Crippen LogP contribution in [-0.2, 0) is 0 Å². The average Bonchev–Trinajstić information content (AvgIpc) is 2.51. The topological polar surface area (TPSA) is 0 Å². The zero-order valence-electron chi connectivity index (χ0n) is 24.0. The molecular weight excluding hydrogens is 360 g/mol. The molecule has 180 valence electrons. The molecule has 0 atom stereocenters. The molecule has 0 aromatic heterocycles. The lowest BCUT2D eigenvalue weighted by Gasteiger charge is -2.55. The smallest absolute Gasteiger partial charge is 0.00162 e. The zero-order valence-corrected chi connectivity index (χ0v) is 24.0. The van der Waals surface area contributed by atoms with Crippen LogP contribution in [0.3, 0.4) is 0 Å². The Bertz CT molecular complexity index is 431. The van der Waals surface area contributed by atoms with Crippen LogP contribution in [0.5, 0.6) is 0 Å². The van der Waals surface area contributed by atoms with E-state index in [-0.39, 0.29) is 10.8 Å². The van der Waals surface area contributed by atoms with Crippen LogP contribution in [0.1, 0.15) is 124 Å². The maximum Gasteiger partial charge on any atom is -0.00162 e. The summed E-state index contributed by atoms with van der Waals surface area (Å²) < 4.78 is 0. The molecule has 0 aromatic rings. The van der Waals surface area contributed by atoms with Gasteiger partial charge in [0.05, 0.1) is 0 Å². The van der Waals surface area contributed by atoms with Crippen LogP contribution in [0.2, 0.25) is 0 Å². The lowest BCUT2D eigenvalue weighted by atomic mass is 9.50. The van der Waals surface area contributed by atoms with E-state index >= 15 is 0 Å². The summed E-state index contributed by atoms with van der Waals surface area (Å²) in [5, 5.41) is 0. The quantitative estimate of drug-likeness (QED) is 0.275. The van der Waals surface area contributed by atoms with Gasteiger partial charge in [-0.15, -0.1) is 0 Å². The van der Waals surface area contributed by atoms with Crippen LogP contribution < -0.4 is 0 Å². The maximum atomic E-state index is 2.50. The van der Waals surface area contributed by atoms with Gasteiger partial charge in [-0.2, -0.15) is 0 Å². The molecule has 0 radical (unpaired) electrons. The second kappa shape index (κ2) is 11.6. The van der Waals surface area contributed by atoms with Crippen molar-refractivity contribution in [3.8, 4) is 0 Å². The van der Waals surface area contributed by atoms with Crippen LogP contribution in [0, 0.1) is 58.2 Å². The van der Waals surface area contributed by atoms with Crippen LogP contribution in [0.25, 0.3) is 0 Å². The van der Waals surface area contributed by atoms with E-state index < -0.39 is 0 Å². The molecule has 0 saturated carbocycles. The summed E-state index contributed by atoms with van der Waals surface area (Å²) in [5.74, 6) is 5.18. The maximum absolute atomic E-state index is 2.50. The van der Waals surface area contributed by atoms with Gasteiger partial charge in [0.1, 0.15) is 0 Å². The van der Waals surface area contributed by atoms with E-state index in [2.05, 4.69) is 111 Å². The third kappa shape index (κ3) is 5.56. The molecule has 0 fully saturated rings. The predicted octanol–water partition coefficient (Wildman–Crippen LogP) is 10.3. The Kier molecular flexibility index (Phi) is 11.5. The standard InChI is InChI=1S/C30H60/c1-19(2)17-27(29(21(5)6,22(7)8)23(9)10)28(18-20(3)4)30(24(11)12,25(13)14)26(15)16/h19-26H,17-18H2,1-16H3. The molecule has 0 amide bonds. The molecule has 0 nitrogen and oxygen atoms in total. The monoisotopic (exact) mass is 420 g/mol. The minimum absolute atomic E-state index is 0.248. The Morgan fingerprint density at radius 1 is 0.367 bits per heavy atom. The summed E-state index contributed by atoms with van der Waals surface area (Å²) >= 11 is 0. The molecule has 0 spiro atoms. The molecule has 0 heteroatoms. The molecule has 0 saturated heterocycles. The molecule has 0 rings (SSSR count). The van der Waals surface area contributed by atoms with Crippen molar-refractivity contribution in [1.29, 1.82) is 0 Å². The minimum atomic E-state index is 0.248. The summed E-state index contributed by atoms with van der Waals surface area (Å²) in [4.78, 5) is 0. The Balaban J connectivity index is 7.81. The van der Waals surface area contributed by atoms with Gasteiger partial charge in [0.15, 0.2) is 0 Å². The number of hydrogen-bond acceptors (Lipinski definition) is 0. The predicted molar refractivity (Wildman–Crippen MR) is 140 cm³/mol. The van der Waals surface area contributed by atoms with Gasteiger partial charge in [-0.3, -0.25) is 0 Å². The first-order chi connectivity index (χ1) is 13.5. The Labute approximate surface area is 193 Å². The van der Waals surface area contributed by atoms with E-state index in [4.69, 9.17) is 0 Å². The van der Waals surface area contributed by atoms with Crippen molar-refractivity contribution >= 4 is 0 Å². The van der Waals surface area contributed by atoms with Gasteiger partial charge in [-0.1, -0.05) is 122 Å². The first kappa shape index (κ1) is 29.7. The normalized spacial score (nSPS) is 15.2. The first-order valence-corrected chi connectivity index (χ1v) is 13.2. The van der Waals surface area contributed by atoms with Crippen LogP contribution >= 0.6 is 0 Å². The number of hydrogen-bond donors (Lipinski definition) is 0. The van der Waals surface area contributed by atoms with Gasteiger partial charge in [-0.05, 0) is 71.0 Å². The molecule has 0 heterocycles. The van der Waals surface area contributed by atoms with Gasteiger partial charge in [0.25, 0.3) is 0 Å². The van der Waals surface area contributed by atoms with Gasteiger partial charge in [-0.25, -0.2) is 0 Å². The Morgan fingerprint density at radius 2 is 0.533 bits per heavy atom. The summed E-state index contributed by atoms with van der Waals surface area (Å²) in [7, 11) is 0. The highest BCUT2D eigenvalue weighted by Gasteiger charge is 2.50. The van der Waals surface area contributed by atoms with Crippen molar-refractivity contribution in [1.82, 2.24) is 0 Å². The number of rotatable bonds is 12. The second-order valence-corrected chi connectivity index (χ2v) is 12.9. The lowest BCUT2D eigenvalue weighted by molar-refractivity contribution is 0.0569. The fourth-order valence-corrected chi connectivity index (χ4v) is 8.03. The van der Waals surface area contributed by atoms with Crippen molar-refractivity contribution in [2.75, 3.05) is 0 Å². The van der Waals surface area contributed by atoms with Crippen molar-refractivity contribution in [3.63, 3.8) is 0 Å². The van der Waals surface area contributed by atoms with Crippen molar-refractivity contribution in [2.24, 2.45) is 58.2 Å². The molecule has 0 aromatic carbocycles. The molecular formula is C30H60. The average molecular weight is 421 g/mol. The SMILES string of the molecule is CC(C)CC(=C(CC(C)C)C(C(C)C)(C(C)C)C(C)C)C(C(C)C)(C(C)C)C(C)C. The molecule has 0 aliphatic rings. The third-order valence-corrected chi connectivity index (χ3v) is 8.37. The largest absolute Gasteiger partial charge is 0.0632 e. The van der Waals surface area contributed by atoms with Crippen molar-refractivity contribution in [2.45, 2.75) is 124 Å². The molecule has 30 heavy (non-hydrogen) atoms. The molecule has 0 unspecified atom stereocenters. The molecule has 0 aliphatic carbocycles. The lowest BCUT2D eigenvalue weighted by Crippen LogP contribution is -2.47. The number of allylic oxidation sites excluding steroid dienone is 2. The Morgan fingerprint density at radius 3 is 0.633 bits per heavy atom. The summed E-state index contributed by atoms with van der Waals surface area (Å²) in [6.45, 7) is 39.7. The van der Waals surface area contributed by atoms with Gasteiger partial charge in [0.2, 0.25) is 0 Å². The zero-order chi connectivity index (χ0) is 24.2. The van der Waals surface area contributed by atoms with Gasteiger partial charge in [0, 0.05) is 0 Å². The fraction of sp³-hybridized carbons (Fsp3) is 0.933. The highest BCUT2D eigenvalue weighted by atomic mass is 14.5. The fourth-order valence-electron chi connectivity index (χ4n) is 8.03. The first-order valence-electron chi connectivity index (χ1n) is 13.2. The molecule has 0 aliphatic heterocycles. The van der Waals surface area contributed by atoms with Crippen molar-refractivity contribution < 1.29 is 0 Å². The summed E-state index contributed by atoms with van der Waals surface area (Å²) in [6, 6.07) is 0. The molecule has 0 N–H and O–H groups in total. The van der Waals surface area contributed by atoms with Crippen molar-refractivity contribution in [3.05, 3.63) is 11.1 Å². The third-order valence-electron chi connectivity index (χ3n) is 8.37. The van der Waals surface area contributed by atoms with Crippen LogP contribution in [0.15, 0.2) is 11.1 Å². The van der Waals surface area contributed by atoms with E-state index in [0.29, 0.717) is 47.3 Å². The van der Waals surface area contributed by atoms with Crippen LogP contribution in [0.4, 0.5) is 0 Å². The highest BCUT2D eigenvalue weighted by Crippen LogP contribution is 2.59. The molecule has 0 bridgehead atoms. The van der Waals surface area contributed by atoms with Gasteiger partial charge >= 0.3 is 0 Å². The summed E-state index contributed by atoms with van der Waals surface area (Å²) in [5.41, 5.74) is 4.17. The highest BCUT2D eigenvalue weighted by molar-refractivity contribution is 5.33. The summed E-state index contributed by atoms with van der Waals surface area (Å²) in [6.07, 6.45) is 2.48. The van der Waals surface area contributed by atoms with Gasteiger partial charge < -0.3 is 0 Å². The van der Waals surface area contributed by atoms with E-state index in [1.54, 1.807) is 0 Å². The van der Waals surface area contributed by atoms with E-state index in [9.17, 15) is 0 Å². The van der Waals surface area contributed by atoms with E-state index in [0.717, 1.165) is 0 Å². The van der Waals surface area contributed by atoms with Crippen LogP contribution in [-0.4, -0.2) is 0 Å². The Hall–Kier alpha value is -0.260.